The summed E-state index contributed by atoms with van der Waals surface area (Å²) in [4.78, 5) is 22.9. The lowest BCUT2D eigenvalue weighted by atomic mass is 9.49. The highest BCUT2D eigenvalue weighted by Gasteiger charge is 2.77. The highest BCUT2D eigenvalue weighted by atomic mass is 16.6. The fourth-order valence-corrected chi connectivity index (χ4v) is 3.45. The summed E-state index contributed by atoms with van der Waals surface area (Å²) in [5.41, 5.74) is -0.838. The molecule has 0 atom stereocenters. The lowest BCUT2D eigenvalue weighted by molar-refractivity contribution is -0.332. The molecule has 4 heterocycles. The molecule has 2 aliphatic carbocycles. The second-order valence-electron chi connectivity index (χ2n) is 5.04. The Bertz CT molecular complexity index is 324. The second-order valence-corrected chi connectivity index (χ2v) is 5.04. The van der Waals surface area contributed by atoms with Crippen LogP contribution in [0.4, 0.5) is 0 Å². The average Bonchev–Trinajstić information content (AvgIpc) is 2.00. The van der Waals surface area contributed by atoms with Gasteiger partial charge < -0.3 is 9.47 Å². The minimum Gasteiger partial charge on any atom is -0.455 e. The quantitative estimate of drug-likeness (QED) is 0.524. The molecule has 4 nitrogen and oxygen atoms in total. The Labute approximate surface area is 80.6 Å². The zero-order valence-corrected chi connectivity index (χ0v) is 7.62. The van der Waals surface area contributed by atoms with Gasteiger partial charge in [-0.2, -0.15) is 0 Å². The number of esters is 2. The van der Waals surface area contributed by atoms with Gasteiger partial charge in [0.05, 0.1) is 11.8 Å². The lowest BCUT2D eigenvalue weighted by Gasteiger charge is -2.68. The number of carbonyl (C=O) groups excluding carboxylic acids is 2. The summed E-state index contributed by atoms with van der Waals surface area (Å²) >= 11 is 0. The molecule has 0 N–H and O–H groups in total. The Morgan fingerprint density at radius 3 is 1.57 bits per heavy atom. The zero-order valence-electron chi connectivity index (χ0n) is 7.62. The van der Waals surface area contributed by atoms with Crippen LogP contribution in [0.2, 0.25) is 0 Å². The predicted molar refractivity (Wildman–Crippen MR) is 43.1 cm³/mol. The summed E-state index contributed by atoms with van der Waals surface area (Å²) in [5, 5.41) is 0. The summed E-state index contributed by atoms with van der Waals surface area (Å²) in [6.45, 7) is 0. The maximum atomic E-state index is 11.4. The molecule has 4 aliphatic heterocycles. The van der Waals surface area contributed by atoms with E-state index in [-0.39, 0.29) is 23.8 Å². The molecule has 4 bridgehead atoms. The van der Waals surface area contributed by atoms with Gasteiger partial charge in [0, 0.05) is 25.7 Å². The standard InChI is InChI=1S/C10H10O4/c11-7-5-1-9(2-5)10(14-7)3-6(4-10)8(12)13-9/h5-6H,1-4H2. The van der Waals surface area contributed by atoms with E-state index in [0.717, 1.165) is 0 Å². The zero-order chi connectivity index (χ0) is 9.55. The van der Waals surface area contributed by atoms with Gasteiger partial charge in [-0.3, -0.25) is 9.59 Å². The Morgan fingerprint density at radius 2 is 1.21 bits per heavy atom. The van der Waals surface area contributed by atoms with Crippen LogP contribution in [0.1, 0.15) is 25.7 Å². The molecule has 0 amide bonds. The van der Waals surface area contributed by atoms with E-state index in [9.17, 15) is 9.59 Å². The van der Waals surface area contributed by atoms with Gasteiger partial charge in [-0.1, -0.05) is 0 Å². The van der Waals surface area contributed by atoms with Crippen molar-refractivity contribution in [3.05, 3.63) is 0 Å². The summed E-state index contributed by atoms with van der Waals surface area (Å²) in [6, 6.07) is 0. The minimum absolute atomic E-state index is 0.00873. The van der Waals surface area contributed by atoms with E-state index in [1.54, 1.807) is 0 Å². The maximum Gasteiger partial charge on any atom is 0.309 e. The van der Waals surface area contributed by atoms with Crippen molar-refractivity contribution in [1.82, 2.24) is 0 Å². The van der Waals surface area contributed by atoms with E-state index in [1.165, 1.54) is 0 Å². The van der Waals surface area contributed by atoms with Gasteiger partial charge in [-0.15, -0.1) is 0 Å². The van der Waals surface area contributed by atoms with E-state index in [4.69, 9.17) is 9.47 Å². The first-order valence-electron chi connectivity index (χ1n) is 5.10. The van der Waals surface area contributed by atoms with Gasteiger partial charge in [0.25, 0.3) is 0 Å². The Morgan fingerprint density at radius 1 is 0.857 bits per heavy atom. The van der Waals surface area contributed by atoms with Crippen LogP contribution in [-0.2, 0) is 19.1 Å². The van der Waals surface area contributed by atoms with Crippen LogP contribution >= 0.6 is 0 Å². The molecule has 74 valence electrons. The predicted octanol–water partition coefficient (Wildman–Crippen LogP) is 0.398. The van der Waals surface area contributed by atoms with Crippen LogP contribution in [0.5, 0.6) is 0 Å². The van der Waals surface area contributed by atoms with E-state index in [0.29, 0.717) is 25.7 Å². The summed E-state index contributed by atoms with van der Waals surface area (Å²) in [7, 11) is 0. The van der Waals surface area contributed by atoms with Crippen molar-refractivity contribution in [1.29, 1.82) is 0 Å². The van der Waals surface area contributed by atoms with Crippen LogP contribution in [0.25, 0.3) is 0 Å². The monoisotopic (exact) mass is 194 g/mol. The van der Waals surface area contributed by atoms with Gasteiger partial charge in [0.15, 0.2) is 11.2 Å². The van der Waals surface area contributed by atoms with Gasteiger partial charge in [0.2, 0.25) is 0 Å². The molecular formula is C10H10O4. The van der Waals surface area contributed by atoms with Crippen LogP contribution in [0, 0.1) is 11.8 Å². The number of rotatable bonds is 0. The van der Waals surface area contributed by atoms with Crippen LogP contribution in [0.3, 0.4) is 0 Å². The Hall–Kier alpha value is -1.06. The molecule has 0 aromatic carbocycles. The molecule has 14 heavy (non-hydrogen) atoms. The molecular weight excluding hydrogens is 184 g/mol. The molecule has 4 heteroatoms. The van der Waals surface area contributed by atoms with Crippen molar-refractivity contribution in [2.45, 2.75) is 36.9 Å². The van der Waals surface area contributed by atoms with Gasteiger partial charge >= 0.3 is 11.9 Å². The van der Waals surface area contributed by atoms with E-state index in [1.807, 2.05) is 0 Å². The SMILES string of the molecule is O=C1OC23CC(C2)C(=O)OC32CC1C2. The van der Waals surface area contributed by atoms with Crippen LogP contribution in [-0.4, -0.2) is 23.1 Å². The van der Waals surface area contributed by atoms with E-state index in [2.05, 4.69) is 0 Å². The maximum absolute atomic E-state index is 11.4. The molecule has 6 rings (SSSR count). The molecule has 0 radical (unpaired) electrons. The van der Waals surface area contributed by atoms with Crippen molar-refractivity contribution in [2.24, 2.45) is 11.8 Å². The topological polar surface area (TPSA) is 52.6 Å². The number of ether oxygens (including phenoxy) is 2. The molecule has 4 saturated heterocycles. The Kier molecular flexibility index (Phi) is 0.885. The molecule has 6 fully saturated rings. The van der Waals surface area contributed by atoms with Crippen LogP contribution < -0.4 is 0 Å². The number of hydrogen-bond donors (Lipinski definition) is 0. The first-order valence-corrected chi connectivity index (χ1v) is 5.10. The third kappa shape index (κ3) is 0.512. The molecule has 0 unspecified atom stereocenters. The van der Waals surface area contributed by atoms with Crippen molar-refractivity contribution in [3.8, 4) is 0 Å². The first-order chi connectivity index (χ1) is 6.64. The van der Waals surface area contributed by atoms with Crippen molar-refractivity contribution < 1.29 is 19.1 Å². The lowest BCUT2D eigenvalue weighted by Crippen LogP contribution is -2.79. The number of hydrogen-bond acceptors (Lipinski definition) is 4. The minimum atomic E-state index is -0.419. The van der Waals surface area contributed by atoms with Crippen LogP contribution in [0.15, 0.2) is 0 Å². The fourth-order valence-electron chi connectivity index (χ4n) is 3.45. The highest BCUT2D eigenvalue weighted by Crippen LogP contribution is 2.66. The third-order valence-electron chi connectivity index (χ3n) is 4.39. The molecule has 2 spiro atoms. The molecule has 6 aliphatic rings. The van der Waals surface area contributed by atoms with Gasteiger partial charge in [0.1, 0.15) is 0 Å². The van der Waals surface area contributed by atoms with Gasteiger partial charge in [-0.05, 0) is 0 Å². The third-order valence-corrected chi connectivity index (χ3v) is 4.39. The van der Waals surface area contributed by atoms with Crippen molar-refractivity contribution >= 4 is 11.9 Å². The summed E-state index contributed by atoms with van der Waals surface area (Å²) in [6.07, 6.45) is 2.79. The molecule has 2 saturated carbocycles. The smallest absolute Gasteiger partial charge is 0.309 e. The molecule has 0 aromatic rings. The first kappa shape index (κ1) is 7.26. The van der Waals surface area contributed by atoms with Gasteiger partial charge in [-0.25, -0.2) is 0 Å². The van der Waals surface area contributed by atoms with E-state index >= 15 is 0 Å². The summed E-state index contributed by atoms with van der Waals surface area (Å²) < 4.78 is 10.9. The molecule has 0 aromatic heterocycles. The van der Waals surface area contributed by atoms with Crippen molar-refractivity contribution in [3.63, 3.8) is 0 Å². The normalized spacial score (nSPS) is 57.4. The largest absolute Gasteiger partial charge is 0.455 e. The number of fused-ring (bicyclic) bond motifs is 2. The number of carbonyl (C=O) groups is 2. The second kappa shape index (κ2) is 1.71. The summed E-state index contributed by atoms with van der Waals surface area (Å²) in [5.74, 6) is -0.178. The highest BCUT2D eigenvalue weighted by molar-refractivity contribution is 5.83. The van der Waals surface area contributed by atoms with Crippen molar-refractivity contribution in [2.75, 3.05) is 0 Å². The fraction of sp³-hybridized carbons (Fsp3) is 0.800. The van der Waals surface area contributed by atoms with E-state index < -0.39 is 11.2 Å². The Balaban J connectivity index is 1.80. The average molecular weight is 194 g/mol.